The van der Waals surface area contributed by atoms with Gasteiger partial charge in [-0.05, 0) is 35.2 Å². The second-order valence-corrected chi connectivity index (χ2v) is 5.75. The molecule has 2 aromatic carbocycles. The molecule has 0 spiro atoms. The molecule has 2 rings (SSSR count). The van der Waals surface area contributed by atoms with Gasteiger partial charge >= 0.3 is 0 Å². The second kappa shape index (κ2) is 6.64. The standard InChI is InChI=1S/C17H19ClN2O/c1-11(2)13-5-3-12(4-6-13)10-20-17(21)15-8-7-14(18)9-16(15)19/h3-9,11H,10,19H2,1-2H3,(H,20,21). The Hall–Kier alpha value is -2.00. The molecular formula is C17H19ClN2O. The first-order chi connectivity index (χ1) is 9.97. The summed E-state index contributed by atoms with van der Waals surface area (Å²) in [5.74, 6) is 0.305. The summed E-state index contributed by atoms with van der Waals surface area (Å²) in [4.78, 5) is 12.1. The molecule has 0 saturated carbocycles. The highest BCUT2D eigenvalue weighted by Gasteiger charge is 2.09. The van der Waals surface area contributed by atoms with E-state index in [9.17, 15) is 4.79 Å². The fraction of sp³-hybridized carbons (Fsp3) is 0.235. The van der Waals surface area contributed by atoms with Crippen LogP contribution < -0.4 is 11.1 Å². The highest BCUT2D eigenvalue weighted by molar-refractivity contribution is 6.31. The van der Waals surface area contributed by atoms with E-state index in [1.54, 1.807) is 18.2 Å². The largest absolute Gasteiger partial charge is 0.398 e. The number of nitrogen functional groups attached to an aromatic ring is 1. The number of anilines is 1. The van der Waals surface area contributed by atoms with Crippen LogP contribution in [0.3, 0.4) is 0 Å². The van der Waals surface area contributed by atoms with E-state index in [1.165, 1.54) is 5.56 Å². The first-order valence-corrected chi connectivity index (χ1v) is 7.27. The van der Waals surface area contributed by atoms with Crippen molar-refractivity contribution in [1.82, 2.24) is 5.32 Å². The number of benzene rings is 2. The van der Waals surface area contributed by atoms with Crippen molar-refractivity contribution >= 4 is 23.2 Å². The molecule has 1 amide bonds. The summed E-state index contributed by atoms with van der Waals surface area (Å²) >= 11 is 5.82. The number of nitrogens with two attached hydrogens (primary N) is 1. The maximum absolute atomic E-state index is 12.1. The fourth-order valence-electron chi connectivity index (χ4n) is 2.04. The molecule has 3 nitrogen and oxygen atoms in total. The zero-order valence-corrected chi connectivity index (χ0v) is 12.9. The normalized spacial score (nSPS) is 10.7. The third-order valence-corrected chi connectivity index (χ3v) is 3.59. The van der Waals surface area contributed by atoms with Crippen LogP contribution in [0, 0.1) is 0 Å². The van der Waals surface area contributed by atoms with E-state index in [0.29, 0.717) is 28.7 Å². The summed E-state index contributed by atoms with van der Waals surface area (Å²) in [7, 11) is 0. The summed E-state index contributed by atoms with van der Waals surface area (Å²) in [6.07, 6.45) is 0. The van der Waals surface area contributed by atoms with Crippen molar-refractivity contribution in [1.29, 1.82) is 0 Å². The van der Waals surface area contributed by atoms with E-state index in [0.717, 1.165) is 5.56 Å². The van der Waals surface area contributed by atoms with Crippen LogP contribution in [0.15, 0.2) is 42.5 Å². The number of carbonyl (C=O) groups excluding carboxylic acids is 1. The fourth-order valence-corrected chi connectivity index (χ4v) is 2.22. The molecular weight excluding hydrogens is 284 g/mol. The van der Waals surface area contributed by atoms with E-state index in [-0.39, 0.29) is 5.91 Å². The van der Waals surface area contributed by atoms with E-state index in [1.807, 2.05) is 12.1 Å². The number of rotatable bonds is 4. The first-order valence-electron chi connectivity index (χ1n) is 6.89. The van der Waals surface area contributed by atoms with Gasteiger partial charge in [-0.1, -0.05) is 49.7 Å². The summed E-state index contributed by atoms with van der Waals surface area (Å²) in [6.45, 7) is 4.78. The minimum atomic E-state index is -0.197. The van der Waals surface area contributed by atoms with Crippen LogP contribution in [0.5, 0.6) is 0 Å². The Morgan fingerprint density at radius 1 is 1.19 bits per heavy atom. The Balaban J connectivity index is 2.00. The highest BCUT2D eigenvalue weighted by atomic mass is 35.5. The zero-order chi connectivity index (χ0) is 15.4. The van der Waals surface area contributed by atoms with Crippen molar-refractivity contribution in [2.75, 3.05) is 5.73 Å². The lowest BCUT2D eigenvalue weighted by Gasteiger charge is -2.09. The zero-order valence-electron chi connectivity index (χ0n) is 12.2. The lowest BCUT2D eigenvalue weighted by atomic mass is 10.0. The van der Waals surface area contributed by atoms with Crippen LogP contribution >= 0.6 is 11.6 Å². The molecule has 0 aliphatic carbocycles. The van der Waals surface area contributed by atoms with Gasteiger partial charge in [0, 0.05) is 17.3 Å². The predicted octanol–water partition coefficient (Wildman–Crippen LogP) is 3.98. The molecule has 0 aromatic heterocycles. The minimum Gasteiger partial charge on any atom is -0.398 e. The van der Waals surface area contributed by atoms with Crippen molar-refractivity contribution in [3.8, 4) is 0 Å². The minimum absolute atomic E-state index is 0.197. The second-order valence-electron chi connectivity index (χ2n) is 5.31. The van der Waals surface area contributed by atoms with E-state index < -0.39 is 0 Å². The van der Waals surface area contributed by atoms with Crippen molar-refractivity contribution in [3.63, 3.8) is 0 Å². The molecule has 0 unspecified atom stereocenters. The first kappa shape index (κ1) is 15.4. The molecule has 21 heavy (non-hydrogen) atoms. The van der Waals surface area contributed by atoms with Gasteiger partial charge in [0.25, 0.3) is 5.91 Å². The molecule has 0 aliphatic rings. The van der Waals surface area contributed by atoms with E-state index in [2.05, 4.69) is 31.3 Å². The monoisotopic (exact) mass is 302 g/mol. The van der Waals surface area contributed by atoms with Gasteiger partial charge in [-0.15, -0.1) is 0 Å². The van der Waals surface area contributed by atoms with E-state index >= 15 is 0 Å². The number of carbonyl (C=O) groups is 1. The van der Waals surface area contributed by atoms with Crippen LogP contribution in [0.4, 0.5) is 5.69 Å². The van der Waals surface area contributed by atoms with Crippen molar-refractivity contribution in [3.05, 3.63) is 64.2 Å². The quantitative estimate of drug-likeness (QED) is 0.839. The van der Waals surface area contributed by atoms with Crippen LogP contribution in [0.25, 0.3) is 0 Å². The SMILES string of the molecule is CC(C)c1ccc(CNC(=O)c2ccc(Cl)cc2N)cc1. The van der Waals surface area contributed by atoms with Gasteiger partial charge < -0.3 is 11.1 Å². The molecule has 0 fully saturated rings. The Labute approximate surface area is 130 Å². The molecule has 0 saturated heterocycles. The number of hydrogen-bond donors (Lipinski definition) is 2. The number of nitrogens with one attached hydrogen (secondary N) is 1. The van der Waals surface area contributed by atoms with Crippen molar-refractivity contribution < 1.29 is 4.79 Å². The van der Waals surface area contributed by atoms with Crippen molar-refractivity contribution in [2.24, 2.45) is 0 Å². The average molecular weight is 303 g/mol. The maximum Gasteiger partial charge on any atom is 0.253 e. The Morgan fingerprint density at radius 2 is 1.86 bits per heavy atom. The summed E-state index contributed by atoms with van der Waals surface area (Å²) in [5.41, 5.74) is 8.97. The van der Waals surface area contributed by atoms with Gasteiger partial charge in [-0.2, -0.15) is 0 Å². The number of hydrogen-bond acceptors (Lipinski definition) is 2. The van der Waals surface area contributed by atoms with Crippen LogP contribution in [0.1, 0.15) is 41.3 Å². The van der Waals surface area contributed by atoms with Gasteiger partial charge in [-0.3, -0.25) is 4.79 Å². The van der Waals surface area contributed by atoms with Gasteiger partial charge in [0.1, 0.15) is 0 Å². The Kier molecular flexibility index (Phi) is 4.86. The molecule has 0 heterocycles. The van der Waals surface area contributed by atoms with Gasteiger partial charge in [0.05, 0.1) is 5.56 Å². The third-order valence-electron chi connectivity index (χ3n) is 3.36. The maximum atomic E-state index is 12.1. The molecule has 110 valence electrons. The van der Waals surface area contributed by atoms with Crippen LogP contribution in [0.2, 0.25) is 5.02 Å². The molecule has 0 atom stereocenters. The van der Waals surface area contributed by atoms with Crippen LogP contribution in [-0.4, -0.2) is 5.91 Å². The lowest BCUT2D eigenvalue weighted by molar-refractivity contribution is 0.0952. The topological polar surface area (TPSA) is 55.1 Å². The molecule has 3 N–H and O–H groups in total. The Bertz CT molecular complexity index is 636. The van der Waals surface area contributed by atoms with Crippen LogP contribution in [-0.2, 0) is 6.54 Å². The van der Waals surface area contributed by atoms with Crippen molar-refractivity contribution in [2.45, 2.75) is 26.3 Å². The summed E-state index contributed by atoms with van der Waals surface area (Å²) in [6, 6.07) is 13.1. The summed E-state index contributed by atoms with van der Waals surface area (Å²) in [5, 5.41) is 3.38. The van der Waals surface area contributed by atoms with Gasteiger partial charge in [-0.25, -0.2) is 0 Å². The smallest absolute Gasteiger partial charge is 0.253 e. The van der Waals surface area contributed by atoms with Gasteiger partial charge in [0.15, 0.2) is 0 Å². The third kappa shape index (κ3) is 3.99. The lowest BCUT2D eigenvalue weighted by Crippen LogP contribution is -2.23. The van der Waals surface area contributed by atoms with Gasteiger partial charge in [0.2, 0.25) is 0 Å². The highest BCUT2D eigenvalue weighted by Crippen LogP contribution is 2.18. The summed E-state index contributed by atoms with van der Waals surface area (Å²) < 4.78 is 0. The molecule has 0 bridgehead atoms. The molecule has 2 aromatic rings. The molecule has 0 radical (unpaired) electrons. The Morgan fingerprint density at radius 3 is 2.43 bits per heavy atom. The molecule has 0 aliphatic heterocycles. The predicted molar refractivity (Wildman–Crippen MR) is 87.6 cm³/mol. The average Bonchev–Trinajstić information content (AvgIpc) is 2.45. The number of amides is 1. The molecule has 4 heteroatoms. The van der Waals surface area contributed by atoms with E-state index in [4.69, 9.17) is 17.3 Å². The number of halogens is 1.